The minimum Gasteiger partial charge on any atom is -0.371 e. The topological polar surface area (TPSA) is 68.3 Å². The van der Waals surface area contributed by atoms with E-state index in [0.29, 0.717) is 6.54 Å². The average Bonchev–Trinajstić information content (AvgIpc) is 2.33. The molecular weight excluding hydrogens is 254 g/mol. The molecule has 2 N–H and O–H groups in total. The van der Waals surface area contributed by atoms with Gasteiger partial charge < -0.3 is 15.2 Å². The maximum absolute atomic E-state index is 11.5. The second-order valence-electron chi connectivity index (χ2n) is 4.52. The SMILES string of the molecule is Cl.Cn1ccc(N2CCCC(C(N)=O)C2)cc1=O. The second-order valence-corrected chi connectivity index (χ2v) is 4.52. The molecule has 1 fully saturated rings. The second kappa shape index (κ2) is 5.91. The van der Waals surface area contributed by atoms with Crippen LogP contribution < -0.4 is 16.2 Å². The third kappa shape index (κ3) is 3.04. The maximum atomic E-state index is 11.5. The number of rotatable bonds is 2. The highest BCUT2D eigenvalue weighted by atomic mass is 35.5. The van der Waals surface area contributed by atoms with E-state index in [1.165, 1.54) is 4.57 Å². The first-order chi connectivity index (χ1) is 8.08. The number of aryl methyl sites for hydroxylation is 1. The van der Waals surface area contributed by atoms with E-state index in [-0.39, 0.29) is 29.8 Å². The molecule has 2 rings (SSSR count). The van der Waals surface area contributed by atoms with Crippen LogP contribution in [0.2, 0.25) is 0 Å². The van der Waals surface area contributed by atoms with Crippen LogP contribution in [0.4, 0.5) is 5.69 Å². The molecular formula is C12H18ClN3O2. The monoisotopic (exact) mass is 271 g/mol. The number of primary amides is 1. The molecule has 6 heteroatoms. The van der Waals surface area contributed by atoms with Gasteiger partial charge in [-0.25, -0.2) is 0 Å². The summed E-state index contributed by atoms with van der Waals surface area (Å²) in [6.45, 7) is 1.49. The number of anilines is 1. The Kier molecular flexibility index (Phi) is 4.78. The molecule has 1 aromatic rings. The van der Waals surface area contributed by atoms with Crippen LogP contribution in [0.3, 0.4) is 0 Å². The summed E-state index contributed by atoms with van der Waals surface area (Å²) < 4.78 is 1.53. The van der Waals surface area contributed by atoms with Crippen molar-refractivity contribution in [3.8, 4) is 0 Å². The molecule has 1 atom stereocenters. The minimum absolute atomic E-state index is 0. The van der Waals surface area contributed by atoms with Gasteiger partial charge in [-0.1, -0.05) is 0 Å². The number of nitrogens with two attached hydrogens (primary N) is 1. The normalized spacial score (nSPS) is 19.2. The molecule has 100 valence electrons. The molecule has 1 aliphatic rings. The van der Waals surface area contributed by atoms with E-state index < -0.39 is 0 Å². The zero-order chi connectivity index (χ0) is 12.4. The highest BCUT2D eigenvalue weighted by Gasteiger charge is 2.24. The summed E-state index contributed by atoms with van der Waals surface area (Å²) in [6.07, 6.45) is 3.52. The van der Waals surface area contributed by atoms with Gasteiger partial charge in [0, 0.05) is 38.1 Å². The van der Waals surface area contributed by atoms with Crippen molar-refractivity contribution in [3.05, 3.63) is 28.7 Å². The van der Waals surface area contributed by atoms with Crippen molar-refractivity contribution >= 4 is 24.0 Å². The van der Waals surface area contributed by atoms with Gasteiger partial charge in [-0.2, -0.15) is 0 Å². The molecule has 0 aromatic carbocycles. The summed E-state index contributed by atoms with van der Waals surface area (Å²) in [4.78, 5) is 24.8. The van der Waals surface area contributed by atoms with Gasteiger partial charge in [0.1, 0.15) is 0 Å². The molecule has 0 radical (unpaired) electrons. The van der Waals surface area contributed by atoms with Gasteiger partial charge >= 0.3 is 0 Å². The molecule has 1 aromatic heterocycles. The van der Waals surface area contributed by atoms with Gasteiger partial charge in [0.15, 0.2) is 0 Å². The molecule has 5 nitrogen and oxygen atoms in total. The van der Waals surface area contributed by atoms with Crippen LogP contribution in [0.5, 0.6) is 0 Å². The number of carbonyl (C=O) groups is 1. The molecule has 1 aliphatic heterocycles. The van der Waals surface area contributed by atoms with Crippen molar-refractivity contribution in [2.45, 2.75) is 12.8 Å². The Morgan fingerprint density at radius 2 is 2.22 bits per heavy atom. The lowest BCUT2D eigenvalue weighted by molar-refractivity contribution is -0.122. The minimum atomic E-state index is -0.251. The van der Waals surface area contributed by atoms with E-state index in [1.54, 1.807) is 19.3 Å². The summed E-state index contributed by atoms with van der Waals surface area (Å²) in [5, 5.41) is 0. The Bertz CT molecular complexity index is 486. The van der Waals surface area contributed by atoms with Crippen LogP contribution in [0.1, 0.15) is 12.8 Å². The lowest BCUT2D eigenvalue weighted by Gasteiger charge is -2.32. The van der Waals surface area contributed by atoms with Crippen molar-refractivity contribution < 1.29 is 4.79 Å². The fourth-order valence-electron chi connectivity index (χ4n) is 2.18. The standard InChI is InChI=1S/C12H17N3O2.ClH/c1-14-6-4-10(7-11(14)16)15-5-2-3-9(8-15)12(13)17;/h4,6-7,9H,2-3,5,8H2,1H3,(H2,13,17);1H. The molecule has 0 spiro atoms. The average molecular weight is 272 g/mol. The zero-order valence-electron chi connectivity index (χ0n) is 10.3. The number of aromatic nitrogens is 1. The fourth-order valence-corrected chi connectivity index (χ4v) is 2.18. The molecule has 1 amide bonds. The van der Waals surface area contributed by atoms with Crippen LogP contribution in [0.25, 0.3) is 0 Å². The van der Waals surface area contributed by atoms with Crippen molar-refractivity contribution in [1.82, 2.24) is 4.57 Å². The number of carbonyl (C=O) groups excluding carboxylic acids is 1. The van der Waals surface area contributed by atoms with Gasteiger partial charge in [0.05, 0.1) is 5.92 Å². The first-order valence-corrected chi connectivity index (χ1v) is 5.79. The summed E-state index contributed by atoms with van der Waals surface area (Å²) >= 11 is 0. The number of piperidine rings is 1. The van der Waals surface area contributed by atoms with Crippen molar-refractivity contribution in [2.75, 3.05) is 18.0 Å². The first-order valence-electron chi connectivity index (χ1n) is 5.79. The summed E-state index contributed by atoms with van der Waals surface area (Å²) in [5.41, 5.74) is 6.17. The largest absolute Gasteiger partial charge is 0.371 e. The van der Waals surface area contributed by atoms with Crippen LogP contribution in [0.15, 0.2) is 23.1 Å². The van der Waals surface area contributed by atoms with E-state index >= 15 is 0 Å². The van der Waals surface area contributed by atoms with E-state index in [4.69, 9.17) is 5.73 Å². The van der Waals surface area contributed by atoms with E-state index in [0.717, 1.165) is 25.1 Å². The Morgan fingerprint density at radius 1 is 1.50 bits per heavy atom. The van der Waals surface area contributed by atoms with Gasteiger partial charge in [0.25, 0.3) is 5.56 Å². The van der Waals surface area contributed by atoms with Gasteiger partial charge in [-0.15, -0.1) is 12.4 Å². The number of amides is 1. The molecule has 2 heterocycles. The summed E-state index contributed by atoms with van der Waals surface area (Å²) in [7, 11) is 1.72. The summed E-state index contributed by atoms with van der Waals surface area (Å²) in [6, 6.07) is 3.49. The lowest BCUT2D eigenvalue weighted by atomic mass is 9.97. The van der Waals surface area contributed by atoms with Crippen molar-refractivity contribution in [2.24, 2.45) is 18.7 Å². The van der Waals surface area contributed by atoms with E-state index in [2.05, 4.69) is 4.90 Å². The van der Waals surface area contributed by atoms with Crippen molar-refractivity contribution in [3.63, 3.8) is 0 Å². The van der Waals surface area contributed by atoms with Crippen LogP contribution in [-0.2, 0) is 11.8 Å². The lowest BCUT2D eigenvalue weighted by Crippen LogP contribution is -2.41. The van der Waals surface area contributed by atoms with Crippen LogP contribution in [-0.4, -0.2) is 23.6 Å². The van der Waals surface area contributed by atoms with Gasteiger partial charge in [-0.3, -0.25) is 9.59 Å². The van der Waals surface area contributed by atoms with E-state index in [9.17, 15) is 9.59 Å². The van der Waals surface area contributed by atoms with Gasteiger partial charge in [-0.05, 0) is 18.9 Å². The molecule has 0 bridgehead atoms. The van der Waals surface area contributed by atoms with Crippen LogP contribution in [0, 0.1) is 5.92 Å². The molecule has 18 heavy (non-hydrogen) atoms. The highest BCUT2D eigenvalue weighted by molar-refractivity contribution is 5.85. The number of halogens is 1. The molecule has 1 saturated heterocycles. The van der Waals surface area contributed by atoms with E-state index in [1.807, 2.05) is 6.07 Å². The third-order valence-corrected chi connectivity index (χ3v) is 3.28. The number of nitrogens with zero attached hydrogens (tertiary/aromatic N) is 2. The predicted molar refractivity (Wildman–Crippen MR) is 73.1 cm³/mol. The Hall–Kier alpha value is -1.49. The zero-order valence-corrected chi connectivity index (χ0v) is 11.2. The van der Waals surface area contributed by atoms with Crippen LogP contribution >= 0.6 is 12.4 Å². The molecule has 0 saturated carbocycles. The summed E-state index contributed by atoms with van der Waals surface area (Å²) in [5.74, 6) is -0.355. The van der Waals surface area contributed by atoms with Crippen molar-refractivity contribution in [1.29, 1.82) is 0 Å². The Morgan fingerprint density at radius 3 is 2.83 bits per heavy atom. The molecule has 1 unspecified atom stereocenters. The quantitative estimate of drug-likeness (QED) is 0.852. The van der Waals surface area contributed by atoms with Gasteiger partial charge in [0.2, 0.25) is 5.91 Å². The third-order valence-electron chi connectivity index (χ3n) is 3.28. The maximum Gasteiger partial charge on any atom is 0.252 e. The molecule has 0 aliphatic carbocycles. The Labute approximate surface area is 112 Å². The number of hydrogen-bond acceptors (Lipinski definition) is 3. The number of hydrogen-bond donors (Lipinski definition) is 1. The first kappa shape index (κ1) is 14.6. The smallest absolute Gasteiger partial charge is 0.252 e. The fraction of sp³-hybridized carbons (Fsp3) is 0.500. The predicted octanol–water partition coefficient (Wildman–Crippen LogP) is 0.509. The highest BCUT2D eigenvalue weighted by Crippen LogP contribution is 2.21. The Balaban J connectivity index is 0.00000162. The number of pyridine rings is 1.